The van der Waals surface area contributed by atoms with Crippen molar-refractivity contribution in [1.29, 1.82) is 0 Å². The summed E-state index contributed by atoms with van der Waals surface area (Å²) in [6, 6.07) is 14.8. The van der Waals surface area contributed by atoms with Crippen LogP contribution in [0.2, 0.25) is 25.7 Å². The number of halogens is 4. The normalized spacial score (nSPS) is 12.6. The fourth-order valence-electron chi connectivity index (χ4n) is 4.21. The molecule has 4 rings (SSSR count). The number of benzene rings is 2. The number of carbonyl (C=O) groups is 1. The lowest BCUT2D eigenvalue weighted by Gasteiger charge is -2.17. The van der Waals surface area contributed by atoms with Gasteiger partial charge in [-0.25, -0.2) is 14.1 Å². The number of carbonyl (C=O) groups excluding carboxylic acids is 1. The van der Waals surface area contributed by atoms with Crippen molar-refractivity contribution in [3.63, 3.8) is 0 Å². The second-order valence-electron chi connectivity index (χ2n) is 11.4. The molecular weight excluding hydrogens is 596 g/mol. The van der Waals surface area contributed by atoms with Crippen LogP contribution in [0.3, 0.4) is 0 Å². The molecule has 0 aliphatic rings. The molecule has 0 spiro atoms. The van der Waals surface area contributed by atoms with Crippen LogP contribution in [0, 0.1) is 5.82 Å². The highest BCUT2D eigenvalue weighted by Gasteiger charge is 2.33. The molecule has 44 heavy (non-hydrogen) atoms. The van der Waals surface area contributed by atoms with Gasteiger partial charge in [-0.2, -0.15) is 18.3 Å². The van der Waals surface area contributed by atoms with E-state index in [2.05, 4.69) is 35.0 Å². The van der Waals surface area contributed by atoms with E-state index in [1.807, 2.05) is 0 Å². The maximum Gasteiger partial charge on any atom is 0.433 e. The molecule has 0 aliphatic carbocycles. The maximum absolute atomic E-state index is 13.4. The summed E-state index contributed by atoms with van der Waals surface area (Å²) >= 11 is 0. The number of anilines is 3. The Morgan fingerprint density at radius 3 is 2.43 bits per heavy atom. The first-order valence-electron chi connectivity index (χ1n) is 13.7. The third-order valence-corrected chi connectivity index (χ3v) is 8.33. The Morgan fingerprint density at radius 2 is 1.80 bits per heavy atom. The van der Waals surface area contributed by atoms with Gasteiger partial charge in [0.05, 0.1) is 5.69 Å². The molecule has 2 heterocycles. The molecule has 0 fully saturated rings. The third kappa shape index (κ3) is 8.14. The van der Waals surface area contributed by atoms with Gasteiger partial charge in [0.15, 0.2) is 0 Å². The van der Waals surface area contributed by atoms with Crippen LogP contribution >= 0.6 is 0 Å². The monoisotopic (exact) mass is 630 g/mol. The van der Waals surface area contributed by atoms with Gasteiger partial charge in [-0.3, -0.25) is 4.79 Å². The summed E-state index contributed by atoms with van der Waals surface area (Å²) in [5.74, 6) is -1.17. The van der Waals surface area contributed by atoms with Crippen molar-refractivity contribution in [2.75, 3.05) is 17.7 Å². The lowest BCUT2D eigenvalue weighted by molar-refractivity contribution is -0.141. The minimum absolute atomic E-state index is 0.00583. The summed E-state index contributed by atoms with van der Waals surface area (Å²) in [7, 11) is -1.43. The smallest absolute Gasteiger partial charge is 0.433 e. The van der Waals surface area contributed by atoms with Gasteiger partial charge in [-0.15, -0.1) is 0 Å². The highest BCUT2D eigenvalue weighted by Crippen LogP contribution is 2.36. The lowest BCUT2D eigenvalue weighted by Crippen LogP contribution is -2.22. The maximum atomic E-state index is 13.4. The highest BCUT2D eigenvalue weighted by atomic mass is 28.3. The average molecular weight is 631 g/mol. The summed E-state index contributed by atoms with van der Waals surface area (Å²) in [6.07, 6.45) is -5.19. The third-order valence-electron chi connectivity index (χ3n) is 6.62. The predicted molar refractivity (Wildman–Crippen MR) is 163 cm³/mol. The summed E-state index contributed by atoms with van der Waals surface area (Å²) < 4.78 is 66.8. The number of nitrogens with two attached hydrogens (primary N) is 2. The van der Waals surface area contributed by atoms with Gasteiger partial charge in [0.2, 0.25) is 0 Å². The molecule has 0 saturated heterocycles. The zero-order valence-corrected chi connectivity index (χ0v) is 25.7. The first-order valence-corrected chi connectivity index (χ1v) is 17.4. The minimum atomic E-state index is -4.68. The lowest BCUT2D eigenvalue weighted by atomic mass is 10.1. The molecular formula is C30H34F4N6O3Si. The Hall–Kier alpha value is -4.43. The van der Waals surface area contributed by atoms with Crippen molar-refractivity contribution in [3.8, 4) is 17.0 Å². The van der Waals surface area contributed by atoms with E-state index >= 15 is 0 Å². The van der Waals surface area contributed by atoms with Gasteiger partial charge in [-0.05, 0) is 54.9 Å². The molecule has 1 amide bonds. The van der Waals surface area contributed by atoms with E-state index in [-0.39, 0.29) is 41.2 Å². The quantitative estimate of drug-likeness (QED) is 0.0666. The van der Waals surface area contributed by atoms with Gasteiger partial charge in [-0.1, -0.05) is 43.9 Å². The Balaban J connectivity index is 1.75. The van der Waals surface area contributed by atoms with Crippen LogP contribution < -0.4 is 21.5 Å². The molecule has 1 atom stereocenters. The minimum Gasteiger partial charge on any atom is -0.484 e. The van der Waals surface area contributed by atoms with E-state index < -0.39 is 32.0 Å². The van der Waals surface area contributed by atoms with Gasteiger partial charge >= 0.3 is 6.18 Å². The Kier molecular flexibility index (Phi) is 9.64. The molecule has 0 bridgehead atoms. The number of rotatable bonds is 12. The second kappa shape index (κ2) is 13.1. The van der Waals surface area contributed by atoms with E-state index in [0.29, 0.717) is 23.4 Å². The summed E-state index contributed by atoms with van der Waals surface area (Å²) in [5.41, 5.74) is 12.3. The van der Waals surface area contributed by atoms with Gasteiger partial charge in [0.25, 0.3) is 5.91 Å². The van der Waals surface area contributed by atoms with Gasteiger partial charge < -0.3 is 26.3 Å². The molecule has 0 unspecified atom stereocenters. The average Bonchev–Trinajstić information content (AvgIpc) is 3.30. The Bertz CT molecular complexity index is 1620. The zero-order chi connectivity index (χ0) is 32.2. The molecule has 4 aromatic rings. The molecule has 2 aromatic heterocycles. The first kappa shape index (κ1) is 32.5. The van der Waals surface area contributed by atoms with Crippen LogP contribution in [0.1, 0.15) is 34.6 Å². The van der Waals surface area contributed by atoms with E-state index in [1.54, 1.807) is 37.3 Å². The Labute approximate surface area is 253 Å². The number of nitrogens with zero attached hydrogens (tertiary/aromatic N) is 3. The fourth-order valence-corrected chi connectivity index (χ4v) is 4.96. The largest absolute Gasteiger partial charge is 0.484 e. The van der Waals surface area contributed by atoms with Gasteiger partial charge in [0, 0.05) is 20.2 Å². The number of alkyl halides is 3. The number of hydrogen-bond acceptors (Lipinski definition) is 7. The van der Waals surface area contributed by atoms with Crippen molar-refractivity contribution in [2.45, 2.75) is 51.6 Å². The molecule has 0 aliphatic heterocycles. The van der Waals surface area contributed by atoms with E-state index in [0.717, 1.165) is 12.1 Å². The highest BCUT2D eigenvalue weighted by molar-refractivity contribution is 6.76. The SMILES string of the molecule is C[C@H](Oc1cc(-c2nn(COCC[Si](C)(C)C)c(Nc3cccc(C(F)(F)F)n3)c2C(N)=O)ccc1N)c1ccc(F)cc1. The van der Waals surface area contributed by atoms with Crippen LogP contribution in [-0.4, -0.2) is 35.4 Å². The second-order valence-corrected chi connectivity index (χ2v) is 17.0. The van der Waals surface area contributed by atoms with Crippen molar-refractivity contribution in [2.24, 2.45) is 5.73 Å². The van der Waals surface area contributed by atoms with Crippen molar-refractivity contribution in [3.05, 3.63) is 83.3 Å². The number of hydrogen-bond donors (Lipinski definition) is 3. The van der Waals surface area contributed by atoms with Crippen molar-refractivity contribution >= 4 is 31.3 Å². The van der Waals surface area contributed by atoms with Gasteiger partial charge in [0.1, 0.15) is 53.0 Å². The molecule has 234 valence electrons. The van der Waals surface area contributed by atoms with E-state index in [9.17, 15) is 22.4 Å². The number of primary amides is 1. The standard InChI is InChI=1S/C30H34F4N6O3Si/c1-18(19-8-11-21(31)12-9-19)43-23-16-20(10-13-22(23)35)27-26(28(36)41)29(40(39-27)17-42-14-15-44(2,3)4)38-25-7-5-6-24(37-25)30(32,33)34/h5-13,16,18H,14-15,17,35H2,1-4H3,(H2,36,41)(H,37,38)/t18-/m0/s1. The summed E-state index contributed by atoms with van der Waals surface area (Å²) in [4.78, 5) is 16.5. The number of ether oxygens (including phenoxy) is 2. The number of pyridine rings is 1. The predicted octanol–water partition coefficient (Wildman–Crippen LogP) is 6.98. The number of nitrogen functional groups attached to an aromatic ring is 1. The first-order chi connectivity index (χ1) is 20.6. The molecule has 14 heteroatoms. The summed E-state index contributed by atoms with van der Waals surface area (Å²) in [6.45, 7) is 8.64. The topological polar surface area (TPSA) is 130 Å². The molecule has 0 saturated carbocycles. The molecule has 5 N–H and O–H groups in total. The zero-order valence-electron chi connectivity index (χ0n) is 24.7. The Morgan fingerprint density at radius 1 is 1.09 bits per heavy atom. The van der Waals surface area contributed by atoms with Crippen LogP contribution in [0.15, 0.2) is 60.7 Å². The fraction of sp³-hybridized carbons (Fsp3) is 0.300. The molecule has 2 aromatic carbocycles. The van der Waals surface area contributed by atoms with Crippen LogP contribution in [0.25, 0.3) is 11.3 Å². The van der Waals surface area contributed by atoms with Crippen LogP contribution in [0.4, 0.5) is 34.9 Å². The van der Waals surface area contributed by atoms with Crippen LogP contribution in [-0.2, 0) is 17.6 Å². The van der Waals surface area contributed by atoms with E-state index in [4.69, 9.17) is 20.9 Å². The van der Waals surface area contributed by atoms with E-state index in [1.165, 1.54) is 28.9 Å². The summed E-state index contributed by atoms with van der Waals surface area (Å²) in [5, 5.41) is 7.37. The molecule has 9 nitrogen and oxygen atoms in total. The van der Waals surface area contributed by atoms with Crippen molar-refractivity contribution in [1.82, 2.24) is 14.8 Å². The number of amides is 1. The van der Waals surface area contributed by atoms with Crippen molar-refractivity contribution < 1.29 is 31.8 Å². The molecule has 0 radical (unpaired) electrons. The van der Waals surface area contributed by atoms with Crippen LogP contribution in [0.5, 0.6) is 5.75 Å². The number of nitrogens with one attached hydrogen (secondary N) is 1. The number of aromatic nitrogens is 3.